The molecule has 0 rings (SSSR count). The van der Waals surface area contributed by atoms with E-state index in [4.69, 9.17) is 0 Å². The van der Waals surface area contributed by atoms with Gasteiger partial charge in [0.1, 0.15) is 0 Å². The second kappa shape index (κ2) is 10.1. The van der Waals surface area contributed by atoms with Crippen LogP contribution in [0.25, 0.3) is 0 Å². The van der Waals surface area contributed by atoms with Crippen molar-refractivity contribution < 1.29 is 0 Å². The van der Waals surface area contributed by atoms with E-state index in [1.54, 1.807) is 0 Å². The van der Waals surface area contributed by atoms with Gasteiger partial charge in [0.2, 0.25) is 0 Å². The highest BCUT2D eigenvalue weighted by Crippen LogP contribution is 2.06. The zero-order valence-corrected chi connectivity index (χ0v) is 12.1. The molecule has 0 aliphatic carbocycles. The number of rotatable bonds is 10. The molecule has 1 N–H and O–H groups in total. The van der Waals surface area contributed by atoms with Gasteiger partial charge < -0.3 is 10.2 Å². The molecule has 0 saturated heterocycles. The molecular formula is C14H32N2. The molecule has 0 bridgehead atoms. The molecule has 0 aromatic heterocycles. The largest absolute Gasteiger partial charge is 0.313 e. The van der Waals surface area contributed by atoms with Gasteiger partial charge in [0.25, 0.3) is 0 Å². The summed E-state index contributed by atoms with van der Waals surface area (Å²) in [7, 11) is 0. The Labute approximate surface area is 103 Å². The molecule has 2 atom stereocenters. The Morgan fingerprint density at radius 2 is 1.75 bits per heavy atom. The highest BCUT2D eigenvalue weighted by molar-refractivity contribution is 4.72. The van der Waals surface area contributed by atoms with Crippen LogP contribution in [0, 0.1) is 5.92 Å². The van der Waals surface area contributed by atoms with Crippen molar-refractivity contribution in [3.63, 3.8) is 0 Å². The minimum atomic E-state index is 0.680. The summed E-state index contributed by atoms with van der Waals surface area (Å²) in [6, 6.07) is 0.680. The van der Waals surface area contributed by atoms with E-state index in [1.165, 1.54) is 38.9 Å². The van der Waals surface area contributed by atoms with Gasteiger partial charge in [-0.2, -0.15) is 0 Å². The van der Waals surface area contributed by atoms with Gasteiger partial charge in [0.15, 0.2) is 0 Å². The van der Waals surface area contributed by atoms with E-state index >= 15 is 0 Å². The van der Waals surface area contributed by atoms with Crippen molar-refractivity contribution in [2.24, 2.45) is 5.92 Å². The van der Waals surface area contributed by atoms with E-state index in [1.807, 2.05) is 0 Å². The first-order chi connectivity index (χ1) is 7.67. The molecule has 0 amide bonds. The third-order valence-electron chi connectivity index (χ3n) is 3.32. The van der Waals surface area contributed by atoms with Gasteiger partial charge in [-0.3, -0.25) is 0 Å². The molecule has 2 heteroatoms. The molecule has 0 heterocycles. The summed E-state index contributed by atoms with van der Waals surface area (Å²) in [5, 5.41) is 3.60. The molecule has 0 aromatic carbocycles. The Morgan fingerprint density at radius 1 is 1.06 bits per heavy atom. The quantitative estimate of drug-likeness (QED) is 0.618. The molecule has 2 unspecified atom stereocenters. The van der Waals surface area contributed by atoms with E-state index in [0.29, 0.717) is 6.04 Å². The molecule has 0 spiro atoms. The van der Waals surface area contributed by atoms with Crippen molar-refractivity contribution in [3.8, 4) is 0 Å². The molecule has 0 aromatic rings. The van der Waals surface area contributed by atoms with Crippen molar-refractivity contribution in [3.05, 3.63) is 0 Å². The smallest absolute Gasteiger partial charge is 0.0194 e. The number of hydrogen-bond acceptors (Lipinski definition) is 2. The fourth-order valence-corrected chi connectivity index (χ4v) is 2.11. The summed E-state index contributed by atoms with van der Waals surface area (Å²) >= 11 is 0. The Morgan fingerprint density at radius 3 is 2.19 bits per heavy atom. The lowest BCUT2D eigenvalue weighted by atomic mass is 10.1. The molecule has 0 fully saturated rings. The van der Waals surface area contributed by atoms with Crippen LogP contribution in [-0.4, -0.2) is 37.1 Å². The van der Waals surface area contributed by atoms with Crippen LogP contribution in [0.15, 0.2) is 0 Å². The summed E-state index contributed by atoms with van der Waals surface area (Å²) in [5.41, 5.74) is 0. The molecule has 2 nitrogen and oxygen atoms in total. The molecular weight excluding hydrogens is 196 g/mol. The monoisotopic (exact) mass is 228 g/mol. The lowest BCUT2D eigenvalue weighted by molar-refractivity contribution is 0.216. The first kappa shape index (κ1) is 15.9. The number of likely N-dealkylation sites (N-methyl/N-ethyl adjacent to an activating group) is 2. The SMILES string of the molecule is CCCC(CN(CC)CC(C)CC)NCC. The third kappa shape index (κ3) is 7.24. The van der Waals surface area contributed by atoms with Gasteiger partial charge in [-0.1, -0.05) is 47.5 Å². The predicted octanol–water partition coefficient (Wildman–Crippen LogP) is 3.13. The van der Waals surface area contributed by atoms with E-state index < -0.39 is 0 Å². The molecule has 0 saturated carbocycles. The molecule has 16 heavy (non-hydrogen) atoms. The van der Waals surface area contributed by atoms with Crippen molar-refractivity contribution in [1.82, 2.24) is 10.2 Å². The van der Waals surface area contributed by atoms with Crippen LogP contribution in [0.4, 0.5) is 0 Å². The maximum atomic E-state index is 3.60. The lowest BCUT2D eigenvalue weighted by Gasteiger charge is -2.28. The van der Waals surface area contributed by atoms with Crippen molar-refractivity contribution >= 4 is 0 Å². The maximum Gasteiger partial charge on any atom is 0.0194 e. The fourth-order valence-electron chi connectivity index (χ4n) is 2.11. The summed E-state index contributed by atoms with van der Waals surface area (Å²) < 4.78 is 0. The van der Waals surface area contributed by atoms with Crippen LogP contribution in [0.1, 0.15) is 53.9 Å². The second-order valence-electron chi connectivity index (χ2n) is 4.91. The second-order valence-corrected chi connectivity index (χ2v) is 4.91. The van der Waals surface area contributed by atoms with Crippen LogP contribution in [-0.2, 0) is 0 Å². The van der Waals surface area contributed by atoms with Crippen molar-refractivity contribution in [2.45, 2.75) is 59.9 Å². The number of nitrogens with one attached hydrogen (secondary N) is 1. The minimum Gasteiger partial charge on any atom is -0.313 e. The van der Waals surface area contributed by atoms with Gasteiger partial charge in [0.05, 0.1) is 0 Å². The van der Waals surface area contributed by atoms with Gasteiger partial charge in [-0.15, -0.1) is 0 Å². The van der Waals surface area contributed by atoms with Crippen LogP contribution in [0.5, 0.6) is 0 Å². The minimum absolute atomic E-state index is 0.680. The molecule has 98 valence electrons. The Bertz CT molecular complexity index is 142. The van der Waals surface area contributed by atoms with Gasteiger partial charge >= 0.3 is 0 Å². The van der Waals surface area contributed by atoms with E-state index in [0.717, 1.165) is 12.5 Å². The van der Waals surface area contributed by atoms with Gasteiger partial charge in [-0.05, 0) is 25.4 Å². The van der Waals surface area contributed by atoms with Crippen LogP contribution in [0.3, 0.4) is 0 Å². The highest BCUT2D eigenvalue weighted by atomic mass is 15.1. The summed E-state index contributed by atoms with van der Waals surface area (Å²) in [6.45, 7) is 16.1. The summed E-state index contributed by atoms with van der Waals surface area (Å²) in [5.74, 6) is 0.823. The Kier molecular flexibility index (Phi) is 10.0. The zero-order chi connectivity index (χ0) is 12.4. The standard InChI is InChI=1S/C14H32N2/c1-6-10-14(15-8-3)12-16(9-4)11-13(5)7-2/h13-15H,6-12H2,1-5H3. The number of hydrogen-bond donors (Lipinski definition) is 1. The Balaban J connectivity index is 4.03. The average molecular weight is 228 g/mol. The number of nitrogens with zero attached hydrogens (tertiary/aromatic N) is 1. The van der Waals surface area contributed by atoms with E-state index in [9.17, 15) is 0 Å². The van der Waals surface area contributed by atoms with Gasteiger partial charge in [-0.25, -0.2) is 0 Å². The normalized spacial score (nSPS) is 15.4. The fraction of sp³-hybridized carbons (Fsp3) is 1.00. The first-order valence-corrected chi connectivity index (χ1v) is 7.13. The van der Waals surface area contributed by atoms with Crippen molar-refractivity contribution in [2.75, 3.05) is 26.2 Å². The van der Waals surface area contributed by atoms with Crippen LogP contribution < -0.4 is 5.32 Å². The van der Waals surface area contributed by atoms with Crippen LogP contribution >= 0.6 is 0 Å². The highest BCUT2D eigenvalue weighted by Gasteiger charge is 2.13. The lowest BCUT2D eigenvalue weighted by Crippen LogP contribution is -2.42. The van der Waals surface area contributed by atoms with Crippen LogP contribution in [0.2, 0.25) is 0 Å². The topological polar surface area (TPSA) is 15.3 Å². The first-order valence-electron chi connectivity index (χ1n) is 7.13. The molecule has 0 radical (unpaired) electrons. The molecule has 0 aliphatic heterocycles. The predicted molar refractivity (Wildman–Crippen MR) is 73.9 cm³/mol. The van der Waals surface area contributed by atoms with E-state index in [2.05, 4.69) is 44.8 Å². The van der Waals surface area contributed by atoms with E-state index in [-0.39, 0.29) is 0 Å². The third-order valence-corrected chi connectivity index (χ3v) is 3.32. The molecule has 0 aliphatic rings. The average Bonchev–Trinajstić information content (AvgIpc) is 2.28. The maximum absolute atomic E-state index is 3.60. The van der Waals surface area contributed by atoms with Crippen molar-refractivity contribution in [1.29, 1.82) is 0 Å². The zero-order valence-electron chi connectivity index (χ0n) is 12.1. The summed E-state index contributed by atoms with van der Waals surface area (Å²) in [4.78, 5) is 2.59. The Hall–Kier alpha value is -0.0800. The summed E-state index contributed by atoms with van der Waals surface area (Å²) in [6.07, 6.45) is 3.86. The van der Waals surface area contributed by atoms with Gasteiger partial charge in [0, 0.05) is 19.1 Å².